The highest BCUT2D eigenvalue weighted by atomic mass is 31.2. The Morgan fingerprint density at radius 2 is 2.09 bits per heavy atom. The van der Waals surface area contributed by atoms with Crippen LogP contribution in [-0.2, 0) is 13.8 Å². The van der Waals surface area contributed by atoms with Crippen molar-refractivity contribution in [3.05, 3.63) is 44.4 Å². The topological polar surface area (TPSA) is 151 Å². The summed E-state index contributed by atoms with van der Waals surface area (Å²) >= 11 is 0. The van der Waals surface area contributed by atoms with E-state index in [2.05, 4.69) is 4.52 Å². The van der Waals surface area contributed by atoms with Crippen LogP contribution in [0.15, 0.2) is 27.3 Å². The van der Waals surface area contributed by atoms with Gasteiger partial charge in [0.2, 0.25) is 5.82 Å². The molecule has 1 aliphatic heterocycles. The minimum absolute atomic E-state index is 0.204. The van der Waals surface area contributed by atoms with E-state index in [0.717, 1.165) is 4.57 Å². The number of ether oxygens (including phenoxy) is 1. The molecule has 10 nitrogen and oxygen atoms in total. The standard InChI is InChI=1S/C11H12FN2O8P/c12-5-4-14(10(17)13-9(5)16)7-3-6(15)8(21-7)11(1-2-11)22-23(18,19)20/h4,7,15H,1-3H2,(H,13,16,17)(H2,18,19,20)/t7-/m1/s1. The number of H-pyrrole nitrogens is 1. The lowest BCUT2D eigenvalue weighted by atomic mass is 10.2. The van der Waals surface area contributed by atoms with Crippen LogP contribution in [0.5, 0.6) is 0 Å². The Balaban J connectivity index is 1.88. The predicted molar refractivity (Wildman–Crippen MR) is 70.8 cm³/mol. The van der Waals surface area contributed by atoms with E-state index in [1.807, 2.05) is 0 Å². The van der Waals surface area contributed by atoms with Gasteiger partial charge in [-0.05, 0) is 12.8 Å². The molecule has 1 aromatic heterocycles. The van der Waals surface area contributed by atoms with Crippen molar-refractivity contribution >= 4 is 7.82 Å². The summed E-state index contributed by atoms with van der Waals surface area (Å²) in [7, 11) is -4.82. The van der Waals surface area contributed by atoms with Crippen molar-refractivity contribution in [2.75, 3.05) is 0 Å². The summed E-state index contributed by atoms with van der Waals surface area (Å²) in [6.07, 6.45) is -0.363. The van der Waals surface area contributed by atoms with E-state index in [1.165, 1.54) is 0 Å². The minimum atomic E-state index is -4.82. The Morgan fingerprint density at radius 3 is 2.65 bits per heavy atom. The highest BCUT2D eigenvalue weighted by Crippen LogP contribution is 2.58. The van der Waals surface area contributed by atoms with Crippen LogP contribution in [0.3, 0.4) is 0 Å². The molecule has 0 aromatic carbocycles. The number of phosphoric ester groups is 1. The molecule has 0 saturated heterocycles. The van der Waals surface area contributed by atoms with Gasteiger partial charge in [0.1, 0.15) is 11.4 Å². The number of rotatable bonds is 4. The third-order valence-electron chi connectivity index (χ3n) is 3.53. The van der Waals surface area contributed by atoms with Crippen molar-refractivity contribution in [1.82, 2.24) is 9.55 Å². The molecule has 1 saturated carbocycles. The lowest BCUT2D eigenvalue weighted by Crippen LogP contribution is -2.34. The van der Waals surface area contributed by atoms with Gasteiger partial charge in [0.15, 0.2) is 12.0 Å². The highest BCUT2D eigenvalue weighted by molar-refractivity contribution is 7.46. The van der Waals surface area contributed by atoms with E-state index in [0.29, 0.717) is 6.20 Å². The monoisotopic (exact) mass is 350 g/mol. The van der Waals surface area contributed by atoms with Gasteiger partial charge >= 0.3 is 13.5 Å². The van der Waals surface area contributed by atoms with E-state index in [9.17, 15) is 23.7 Å². The third kappa shape index (κ3) is 2.95. The number of hydrogen-bond acceptors (Lipinski definition) is 6. The number of nitrogens with one attached hydrogen (secondary N) is 1. The van der Waals surface area contributed by atoms with Crippen LogP contribution in [0.1, 0.15) is 25.5 Å². The number of aromatic nitrogens is 2. The molecule has 1 aliphatic carbocycles. The molecule has 0 amide bonds. The van der Waals surface area contributed by atoms with Crippen molar-refractivity contribution in [1.29, 1.82) is 0 Å². The van der Waals surface area contributed by atoms with Crippen molar-refractivity contribution in [3.8, 4) is 0 Å². The van der Waals surface area contributed by atoms with E-state index in [1.54, 1.807) is 4.98 Å². The van der Waals surface area contributed by atoms with Crippen LogP contribution in [0.25, 0.3) is 0 Å². The quantitative estimate of drug-likeness (QED) is 0.554. The van der Waals surface area contributed by atoms with Gasteiger partial charge in [0.25, 0.3) is 5.56 Å². The summed E-state index contributed by atoms with van der Waals surface area (Å²) in [5.74, 6) is -1.78. The second-order valence-corrected chi connectivity index (χ2v) is 6.44. The lowest BCUT2D eigenvalue weighted by Gasteiger charge is -2.20. The number of aliphatic hydroxyl groups is 1. The number of aliphatic hydroxyl groups excluding tert-OH is 1. The molecule has 3 rings (SSSR count). The van der Waals surface area contributed by atoms with Gasteiger partial charge in [0, 0.05) is 0 Å². The SMILES string of the molecule is O=c1[nH]c(=O)n([C@H]2CC(O)=C(C3(OP(=O)(O)O)CC3)O2)cc1F. The van der Waals surface area contributed by atoms with Crippen molar-refractivity contribution in [2.45, 2.75) is 31.1 Å². The Hall–Kier alpha value is -1.94. The van der Waals surface area contributed by atoms with E-state index >= 15 is 0 Å². The van der Waals surface area contributed by atoms with Crippen LogP contribution in [0, 0.1) is 5.82 Å². The maximum Gasteiger partial charge on any atom is 0.470 e. The van der Waals surface area contributed by atoms with Gasteiger partial charge in [0.05, 0.1) is 12.6 Å². The summed E-state index contributed by atoms with van der Waals surface area (Å²) < 4.78 is 35.0. The van der Waals surface area contributed by atoms with Crippen molar-refractivity contribution in [2.24, 2.45) is 0 Å². The smallest absolute Gasteiger partial charge is 0.470 e. The van der Waals surface area contributed by atoms with Crippen LogP contribution in [0.4, 0.5) is 4.39 Å². The largest absolute Gasteiger partial charge is 0.508 e. The Bertz CT molecular complexity index is 848. The fourth-order valence-corrected chi connectivity index (χ4v) is 3.13. The summed E-state index contributed by atoms with van der Waals surface area (Å²) in [5.41, 5.74) is -3.59. The van der Waals surface area contributed by atoms with Gasteiger partial charge in [-0.3, -0.25) is 18.9 Å². The second-order valence-electron chi connectivity index (χ2n) is 5.27. The number of aromatic amines is 1. The molecule has 0 spiro atoms. The lowest BCUT2D eigenvalue weighted by molar-refractivity contribution is 0.0214. The molecule has 4 N–H and O–H groups in total. The molecule has 126 valence electrons. The minimum Gasteiger partial charge on any atom is -0.508 e. The molecular weight excluding hydrogens is 338 g/mol. The molecule has 0 unspecified atom stereocenters. The average Bonchev–Trinajstić information content (AvgIpc) is 3.05. The number of nitrogens with zero attached hydrogens (tertiary/aromatic N) is 1. The third-order valence-corrected chi connectivity index (χ3v) is 4.12. The zero-order chi connectivity index (χ0) is 17.0. The molecule has 12 heteroatoms. The Kier molecular flexibility index (Phi) is 3.49. The molecule has 1 fully saturated rings. The first-order valence-electron chi connectivity index (χ1n) is 6.48. The molecule has 1 aromatic rings. The Morgan fingerprint density at radius 1 is 1.43 bits per heavy atom. The molecule has 0 radical (unpaired) electrons. The van der Waals surface area contributed by atoms with Gasteiger partial charge in [-0.2, -0.15) is 4.39 Å². The normalized spacial score (nSPS) is 23.0. The molecule has 1 atom stereocenters. The van der Waals surface area contributed by atoms with Crippen LogP contribution >= 0.6 is 7.82 Å². The number of hydrogen-bond donors (Lipinski definition) is 4. The average molecular weight is 350 g/mol. The second kappa shape index (κ2) is 5.03. The summed E-state index contributed by atoms with van der Waals surface area (Å²) in [4.78, 5) is 42.3. The summed E-state index contributed by atoms with van der Waals surface area (Å²) in [6.45, 7) is 0. The van der Waals surface area contributed by atoms with E-state index in [-0.39, 0.29) is 30.8 Å². The Labute approximate surface area is 127 Å². The van der Waals surface area contributed by atoms with Gasteiger partial charge in [-0.15, -0.1) is 0 Å². The summed E-state index contributed by atoms with van der Waals surface area (Å²) in [5, 5.41) is 9.95. The fourth-order valence-electron chi connectivity index (χ4n) is 2.40. The van der Waals surface area contributed by atoms with E-state index in [4.69, 9.17) is 14.5 Å². The number of halogens is 1. The highest BCUT2D eigenvalue weighted by Gasteiger charge is 2.57. The first-order valence-corrected chi connectivity index (χ1v) is 8.01. The molecular formula is C11H12FN2O8P. The maximum atomic E-state index is 13.3. The predicted octanol–water partition coefficient (Wildman–Crippen LogP) is 0.00610. The van der Waals surface area contributed by atoms with Gasteiger partial charge in [-0.1, -0.05) is 0 Å². The molecule has 2 aliphatic rings. The molecule has 23 heavy (non-hydrogen) atoms. The zero-order valence-electron chi connectivity index (χ0n) is 11.4. The van der Waals surface area contributed by atoms with Crippen LogP contribution in [0.2, 0.25) is 0 Å². The first kappa shape index (κ1) is 15.9. The summed E-state index contributed by atoms with van der Waals surface area (Å²) in [6, 6.07) is 0. The molecule has 2 heterocycles. The maximum absolute atomic E-state index is 13.3. The van der Waals surface area contributed by atoms with Crippen LogP contribution in [-0.4, -0.2) is 30.0 Å². The van der Waals surface area contributed by atoms with Gasteiger partial charge < -0.3 is 19.6 Å². The van der Waals surface area contributed by atoms with Crippen LogP contribution < -0.4 is 11.2 Å². The van der Waals surface area contributed by atoms with Gasteiger partial charge in [-0.25, -0.2) is 9.36 Å². The van der Waals surface area contributed by atoms with Crippen molar-refractivity contribution in [3.63, 3.8) is 0 Å². The zero-order valence-corrected chi connectivity index (χ0v) is 12.3. The number of phosphoric acid groups is 1. The molecule has 0 bridgehead atoms. The first-order chi connectivity index (χ1) is 10.6. The van der Waals surface area contributed by atoms with E-state index < -0.39 is 36.7 Å². The fraction of sp³-hybridized carbons (Fsp3) is 0.455. The van der Waals surface area contributed by atoms with Crippen molar-refractivity contribution < 1.29 is 33.1 Å².